The van der Waals surface area contributed by atoms with Gasteiger partial charge in [0.25, 0.3) is 0 Å². The second-order valence-corrected chi connectivity index (χ2v) is 4.17. The van der Waals surface area contributed by atoms with Crippen LogP contribution in [-0.2, 0) is 6.54 Å². The van der Waals surface area contributed by atoms with E-state index in [0.717, 1.165) is 25.7 Å². The quantitative estimate of drug-likeness (QED) is 0.818. The Bertz CT molecular complexity index is 381. The first-order valence-corrected chi connectivity index (χ1v) is 5.65. The Morgan fingerprint density at radius 2 is 2.12 bits per heavy atom. The summed E-state index contributed by atoms with van der Waals surface area (Å²) in [6, 6.07) is 0. The predicted octanol–water partition coefficient (Wildman–Crippen LogP) is 1.88. The summed E-state index contributed by atoms with van der Waals surface area (Å²) in [4.78, 5) is 15.0. The lowest BCUT2D eigenvalue weighted by Crippen LogP contribution is -2.06. The summed E-state index contributed by atoms with van der Waals surface area (Å²) in [6.45, 7) is 0.0847. The zero-order valence-corrected chi connectivity index (χ0v) is 9.11. The van der Waals surface area contributed by atoms with Gasteiger partial charge >= 0.3 is 5.97 Å². The molecule has 1 aliphatic carbocycles. The third kappa shape index (κ3) is 2.09. The average Bonchev–Trinajstić information content (AvgIpc) is 2.74. The molecule has 2 rings (SSSR count). The second-order valence-electron chi connectivity index (χ2n) is 4.17. The van der Waals surface area contributed by atoms with Crippen LogP contribution in [0.2, 0.25) is 0 Å². The molecular weight excluding hydrogens is 208 g/mol. The highest BCUT2D eigenvalue weighted by molar-refractivity contribution is 5.86. The van der Waals surface area contributed by atoms with Crippen LogP contribution in [0.25, 0.3) is 0 Å². The van der Waals surface area contributed by atoms with E-state index in [9.17, 15) is 4.79 Å². The summed E-state index contributed by atoms with van der Waals surface area (Å²) < 4.78 is 5.45. The highest BCUT2D eigenvalue weighted by Gasteiger charge is 2.25. The molecule has 0 aliphatic heterocycles. The number of nitrogens with zero attached hydrogens (tertiary/aromatic N) is 1. The molecule has 5 nitrogen and oxygen atoms in total. The Morgan fingerprint density at radius 3 is 2.62 bits per heavy atom. The van der Waals surface area contributed by atoms with E-state index in [1.165, 1.54) is 6.42 Å². The van der Waals surface area contributed by atoms with E-state index in [1.54, 1.807) is 0 Å². The molecule has 1 aromatic rings. The average molecular weight is 224 g/mol. The van der Waals surface area contributed by atoms with E-state index < -0.39 is 5.97 Å². The van der Waals surface area contributed by atoms with Crippen molar-refractivity contribution in [2.45, 2.75) is 44.6 Å². The molecule has 0 saturated heterocycles. The van der Waals surface area contributed by atoms with Gasteiger partial charge in [-0.05, 0) is 12.8 Å². The highest BCUT2D eigenvalue weighted by atomic mass is 16.4. The Balaban J connectivity index is 2.24. The lowest BCUT2D eigenvalue weighted by atomic mass is 9.89. The van der Waals surface area contributed by atoms with Gasteiger partial charge in [0.1, 0.15) is 0 Å². The van der Waals surface area contributed by atoms with Crippen molar-refractivity contribution < 1.29 is 14.3 Å². The molecule has 5 heteroatoms. The summed E-state index contributed by atoms with van der Waals surface area (Å²) in [5, 5.41) is 8.93. The number of hydrogen-bond acceptors (Lipinski definition) is 4. The molecule has 1 aromatic heterocycles. The lowest BCUT2D eigenvalue weighted by Gasteiger charge is -2.17. The summed E-state index contributed by atoms with van der Waals surface area (Å²) in [7, 11) is 0. The molecule has 0 bridgehead atoms. The van der Waals surface area contributed by atoms with E-state index in [4.69, 9.17) is 15.3 Å². The van der Waals surface area contributed by atoms with Gasteiger partial charge in [-0.2, -0.15) is 0 Å². The Labute approximate surface area is 93.7 Å². The fourth-order valence-electron chi connectivity index (χ4n) is 2.20. The first kappa shape index (κ1) is 11.1. The topological polar surface area (TPSA) is 89.4 Å². The third-order valence-electron chi connectivity index (χ3n) is 3.06. The first-order chi connectivity index (χ1) is 7.72. The highest BCUT2D eigenvalue weighted by Crippen LogP contribution is 2.32. The van der Waals surface area contributed by atoms with Crippen molar-refractivity contribution in [3.8, 4) is 0 Å². The molecule has 3 N–H and O–H groups in total. The van der Waals surface area contributed by atoms with E-state index >= 15 is 0 Å². The number of carboxylic acids is 1. The lowest BCUT2D eigenvalue weighted by molar-refractivity contribution is 0.0688. The van der Waals surface area contributed by atoms with E-state index in [-0.39, 0.29) is 23.9 Å². The molecule has 1 heterocycles. The van der Waals surface area contributed by atoms with Crippen LogP contribution in [0.1, 0.15) is 60.2 Å². The van der Waals surface area contributed by atoms with Gasteiger partial charge in [-0.3, -0.25) is 0 Å². The number of oxazole rings is 1. The summed E-state index contributed by atoms with van der Waals surface area (Å²) in [5.74, 6) is 0.0454. The molecule has 1 saturated carbocycles. The normalized spacial score (nSPS) is 17.6. The van der Waals surface area contributed by atoms with Crippen LogP contribution in [0.4, 0.5) is 0 Å². The van der Waals surface area contributed by atoms with Crippen molar-refractivity contribution in [2.75, 3.05) is 0 Å². The van der Waals surface area contributed by atoms with Crippen molar-refractivity contribution in [3.05, 3.63) is 17.3 Å². The summed E-state index contributed by atoms with van der Waals surface area (Å²) >= 11 is 0. The smallest absolute Gasteiger partial charge is 0.358 e. The molecular formula is C11H16N2O3. The number of aromatic nitrogens is 1. The molecule has 0 unspecified atom stereocenters. The van der Waals surface area contributed by atoms with Crippen LogP contribution in [-0.4, -0.2) is 16.1 Å². The molecule has 88 valence electrons. The van der Waals surface area contributed by atoms with Gasteiger partial charge in [0.05, 0.1) is 6.54 Å². The van der Waals surface area contributed by atoms with Gasteiger partial charge in [0, 0.05) is 5.92 Å². The number of carbonyl (C=O) groups is 1. The van der Waals surface area contributed by atoms with Gasteiger partial charge in [0.15, 0.2) is 17.3 Å². The molecule has 0 atom stereocenters. The molecule has 0 aromatic carbocycles. The zero-order chi connectivity index (χ0) is 11.5. The monoisotopic (exact) mass is 224 g/mol. The van der Waals surface area contributed by atoms with Gasteiger partial charge in [-0.1, -0.05) is 19.3 Å². The SMILES string of the molecule is NCc1oc(C2CCCCC2)nc1C(=O)O. The predicted molar refractivity (Wildman–Crippen MR) is 57.2 cm³/mol. The summed E-state index contributed by atoms with van der Waals surface area (Å²) in [6.07, 6.45) is 5.63. The van der Waals surface area contributed by atoms with Gasteiger partial charge in [-0.15, -0.1) is 0 Å². The van der Waals surface area contributed by atoms with Gasteiger partial charge in [-0.25, -0.2) is 9.78 Å². The Morgan fingerprint density at radius 1 is 1.44 bits per heavy atom. The van der Waals surface area contributed by atoms with Gasteiger partial charge < -0.3 is 15.3 Å². The maximum Gasteiger partial charge on any atom is 0.358 e. The molecule has 0 amide bonds. The minimum Gasteiger partial charge on any atom is -0.476 e. The van der Waals surface area contributed by atoms with Gasteiger partial charge in [0.2, 0.25) is 0 Å². The molecule has 16 heavy (non-hydrogen) atoms. The zero-order valence-electron chi connectivity index (χ0n) is 9.11. The fourth-order valence-corrected chi connectivity index (χ4v) is 2.20. The largest absolute Gasteiger partial charge is 0.476 e. The molecule has 1 aliphatic rings. The number of aromatic carboxylic acids is 1. The minimum absolute atomic E-state index is 0.0249. The van der Waals surface area contributed by atoms with Crippen LogP contribution in [0.3, 0.4) is 0 Å². The van der Waals surface area contributed by atoms with Crippen molar-refractivity contribution in [1.29, 1.82) is 0 Å². The first-order valence-electron chi connectivity index (χ1n) is 5.65. The van der Waals surface area contributed by atoms with E-state index in [2.05, 4.69) is 4.98 Å². The maximum atomic E-state index is 10.9. The Hall–Kier alpha value is -1.36. The molecule has 0 spiro atoms. The van der Waals surface area contributed by atoms with Crippen LogP contribution >= 0.6 is 0 Å². The summed E-state index contributed by atoms with van der Waals surface area (Å²) in [5.41, 5.74) is 5.41. The van der Waals surface area contributed by atoms with Crippen molar-refractivity contribution in [2.24, 2.45) is 5.73 Å². The van der Waals surface area contributed by atoms with Crippen molar-refractivity contribution >= 4 is 5.97 Å². The molecule has 0 radical (unpaired) electrons. The number of rotatable bonds is 3. The van der Waals surface area contributed by atoms with Crippen LogP contribution in [0, 0.1) is 0 Å². The second kappa shape index (κ2) is 4.65. The number of carboxylic acid groups (broad SMARTS) is 1. The van der Waals surface area contributed by atoms with Crippen LogP contribution < -0.4 is 5.73 Å². The number of hydrogen-bond donors (Lipinski definition) is 2. The Kier molecular flexibility index (Phi) is 3.24. The minimum atomic E-state index is -1.06. The van der Waals surface area contributed by atoms with E-state index in [1.807, 2.05) is 0 Å². The number of nitrogens with two attached hydrogens (primary N) is 1. The van der Waals surface area contributed by atoms with Crippen LogP contribution in [0.5, 0.6) is 0 Å². The third-order valence-corrected chi connectivity index (χ3v) is 3.06. The molecule has 1 fully saturated rings. The van der Waals surface area contributed by atoms with Crippen molar-refractivity contribution in [3.63, 3.8) is 0 Å². The van der Waals surface area contributed by atoms with E-state index in [0.29, 0.717) is 5.89 Å². The fraction of sp³-hybridized carbons (Fsp3) is 0.636. The standard InChI is InChI=1S/C11H16N2O3/c12-6-8-9(11(14)15)13-10(16-8)7-4-2-1-3-5-7/h7H,1-6,12H2,(H,14,15). The van der Waals surface area contributed by atoms with Crippen molar-refractivity contribution in [1.82, 2.24) is 4.98 Å². The maximum absolute atomic E-state index is 10.9. The van der Waals surface area contributed by atoms with Crippen LogP contribution in [0.15, 0.2) is 4.42 Å².